The number of nitrogens with zero attached hydrogens (tertiary/aromatic N) is 1. The van der Waals surface area contributed by atoms with Gasteiger partial charge in [0, 0.05) is 6.54 Å². The maximum Gasteiger partial charge on any atom is 0.213 e. The van der Waals surface area contributed by atoms with Crippen LogP contribution >= 0.6 is 0 Å². The van der Waals surface area contributed by atoms with E-state index in [1.54, 1.807) is 0 Å². The molecule has 2 aromatic rings. The summed E-state index contributed by atoms with van der Waals surface area (Å²) in [6.45, 7) is 0.309. The van der Waals surface area contributed by atoms with E-state index in [1.165, 1.54) is 7.05 Å². The molecule has 0 atom stereocenters. The monoisotopic (exact) mass is 254 g/mol. The molecular formula is C10H14N4O2S. The highest BCUT2D eigenvalue weighted by molar-refractivity contribution is 7.89. The van der Waals surface area contributed by atoms with Gasteiger partial charge in [-0.1, -0.05) is 12.1 Å². The number of hydrogen-bond acceptors (Lipinski definition) is 4. The molecule has 0 spiro atoms. The minimum Gasteiger partial charge on any atom is -0.355 e. The van der Waals surface area contributed by atoms with E-state index in [1.807, 2.05) is 24.3 Å². The number of benzene rings is 1. The van der Waals surface area contributed by atoms with Crippen LogP contribution in [0, 0.1) is 0 Å². The molecule has 3 N–H and O–H groups in total. The average Bonchev–Trinajstić information content (AvgIpc) is 2.71. The van der Waals surface area contributed by atoms with Crippen molar-refractivity contribution in [2.24, 2.45) is 0 Å². The molecule has 2 rings (SSSR count). The molecule has 0 amide bonds. The fraction of sp³-hybridized carbons (Fsp3) is 0.300. The Hall–Kier alpha value is -1.60. The first kappa shape index (κ1) is 11.9. The molecule has 17 heavy (non-hydrogen) atoms. The van der Waals surface area contributed by atoms with Crippen molar-refractivity contribution in [1.82, 2.24) is 14.7 Å². The fourth-order valence-corrected chi connectivity index (χ4v) is 2.02. The predicted molar refractivity (Wildman–Crippen MR) is 67.4 cm³/mol. The summed E-state index contributed by atoms with van der Waals surface area (Å²) >= 11 is 0. The molecule has 0 aliphatic heterocycles. The van der Waals surface area contributed by atoms with Crippen LogP contribution in [0.5, 0.6) is 0 Å². The van der Waals surface area contributed by atoms with Gasteiger partial charge in [-0.25, -0.2) is 18.1 Å². The SMILES string of the molecule is CNS(=O)(=O)CCNc1nc2ccccc2[nH]1. The van der Waals surface area contributed by atoms with Crippen LogP contribution < -0.4 is 10.0 Å². The molecule has 7 heteroatoms. The summed E-state index contributed by atoms with van der Waals surface area (Å²) < 4.78 is 24.6. The fourth-order valence-electron chi connectivity index (χ4n) is 1.44. The second kappa shape index (κ2) is 4.72. The van der Waals surface area contributed by atoms with Crippen LogP contribution in [0.3, 0.4) is 0 Å². The molecule has 0 saturated carbocycles. The summed E-state index contributed by atoms with van der Waals surface area (Å²) in [5.41, 5.74) is 1.78. The topological polar surface area (TPSA) is 86.9 Å². The Bertz CT molecular complexity index is 573. The number of rotatable bonds is 5. The number of fused-ring (bicyclic) bond motifs is 1. The van der Waals surface area contributed by atoms with Crippen molar-refractivity contribution in [2.75, 3.05) is 24.7 Å². The summed E-state index contributed by atoms with van der Waals surface area (Å²) in [6.07, 6.45) is 0. The van der Waals surface area contributed by atoms with Gasteiger partial charge >= 0.3 is 0 Å². The number of nitrogens with one attached hydrogen (secondary N) is 3. The summed E-state index contributed by atoms with van der Waals surface area (Å²) in [7, 11) is -1.77. The molecule has 0 saturated heterocycles. The number of H-pyrrole nitrogens is 1. The van der Waals surface area contributed by atoms with Gasteiger partial charge in [0.05, 0.1) is 16.8 Å². The third-order valence-electron chi connectivity index (χ3n) is 2.36. The second-order valence-corrected chi connectivity index (χ2v) is 5.60. The van der Waals surface area contributed by atoms with Crippen molar-refractivity contribution in [2.45, 2.75) is 0 Å². The zero-order valence-electron chi connectivity index (χ0n) is 9.40. The molecular weight excluding hydrogens is 240 g/mol. The van der Waals surface area contributed by atoms with Crippen molar-refractivity contribution < 1.29 is 8.42 Å². The lowest BCUT2D eigenvalue weighted by Crippen LogP contribution is -2.26. The molecule has 0 bridgehead atoms. The molecule has 1 aromatic carbocycles. The maximum absolute atomic E-state index is 11.2. The summed E-state index contributed by atoms with van der Waals surface area (Å²) in [5.74, 6) is 0.595. The molecule has 0 radical (unpaired) electrons. The Morgan fingerprint density at radius 3 is 2.82 bits per heavy atom. The van der Waals surface area contributed by atoms with Gasteiger partial charge in [0.2, 0.25) is 16.0 Å². The van der Waals surface area contributed by atoms with E-state index in [9.17, 15) is 8.42 Å². The van der Waals surface area contributed by atoms with Crippen molar-refractivity contribution in [3.63, 3.8) is 0 Å². The number of aromatic amines is 1. The van der Waals surface area contributed by atoms with Crippen molar-refractivity contribution in [3.8, 4) is 0 Å². The molecule has 0 unspecified atom stereocenters. The Morgan fingerprint density at radius 2 is 2.12 bits per heavy atom. The molecule has 0 aliphatic carbocycles. The zero-order valence-corrected chi connectivity index (χ0v) is 10.2. The first-order valence-electron chi connectivity index (χ1n) is 5.20. The van der Waals surface area contributed by atoms with Gasteiger partial charge in [-0.15, -0.1) is 0 Å². The van der Waals surface area contributed by atoms with E-state index in [4.69, 9.17) is 0 Å². The van der Waals surface area contributed by atoms with Gasteiger partial charge in [0.15, 0.2) is 0 Å². The van der Waals surface area contributed by atoms with Crippen LogP contribution in [-0.4, -0.2) is 37.7 Å². The van der Waals surface area contributed by atoms with Gasteiger partial charge in [0.25, 0.3) is 0 Å². The standard InChI is InChI=1S/C10H14N4O2S/c1-11-17(15,16)7-6-12-10-13-8-4-2-3-5-9(8)14-10/h2-5,11H,6-7H2,1H3,(H2,12,13,14). The lowest BCUT2D eigenvalue weighted by Gasteiger charge is -2.02. The van der Waals surface area contributed by atoms with Gasteiger partial charge in [-0.2, -0.15) is 0 Å². The third kappa shape index (κ3) is 2.95. The second-order valence-electron chi connectivity index (χ2n) is 3.55. The van der Waals surface area contributed by atoms with Crippen LogP contribution in [0.15, 0.2) is 24.3 Å². The van der Waals surface area contributed by atoms with Crippen LogP contribution in [0.4, 0.5) is 5.95 Å². The number of hydrogen-bond donors (Lipinski definition) is 3. The third-order valence-corrected chi connectivity index (χ3v) is 3.73. The lowest BCUT2D eigenvalue weighted by atomic mass is 10.3. The molecule has 1 aromatic heterocycles. The van der Waals surface area contributed by atoms with Gasteiger partial charge in [-0.3, -0.25) is 0 Å². The lowest BCUT2D eigenvalue weighted by molar-refractivity contribution is 0.588. The first-order valence-corrected chi connectivity index (χ1v) is 6.86. The molecule has 1 heterocycles. The highest BCUT2D eigenvalue weighted by Gasteiger charge is 2.07. The Labute approximate surface area is 99.5 Å². The van der Waals surface area contributed by atoms with Gasteiger partial charge < -0.3 is 10.3 Å². The highest BCUT2D eigenvalue weighted by atomic mass is 32.2. The summed E-state index contributed by atoms with van der Waals surface area (Å²) in [4.78, 5) is 7.34. The Balaban J connectivity index is 2.00. The van der Waals surface area contributed by atoms with E-state index in [2.05, 4.69) is 20.0 Å². The number of imidazole rings is 1. The van der Waals surface area contributed by atoms with Crippen LogP contribution in [0.2, 0.25) is 0 Å². The first-order chi connectivity index (χ1) is 8.11. The van der Waals surface area contributed by atoms with E-state index in [0.29, 0.717) is 12.5 Å². The molecule has 6 nitrogen and oxygen atoms in total. The quantitative estimate of drug-likeness (QED) is 0.726. The zero-order chi connectivity index (χ0) is 12.3. The number of sulfonamides is 1. The van der Waals surface area contributed by atoms with Crippen LogP contribution in [0.25, 0.3) is 11.0 Å². The predicted octanol–water partition coefficient (Wildman–Crippen LogP) is 0.524. The molecule has 0 fully saturated rings. The Kier molecular flexibility index (Phi) is 3.30. The van der Waals surface area contributed by atoms with Crippen molar-refractivity contribution in [1.29, 1.82) is 0 Å². The largest absolute Gasteiger partial charge is 0.355 e. The maximum atomic E-state index is 11.2. The minimum absolute atomic E-state index is 0.0144. The summed E-state index contributed by atoms with van der Waals surface area (Å²) in [6, 6.07) is 7.62. The van der Waals surface area contributed by atoms with E-state index in [0.717, 1.165) is 11.0 Å². The Morgan fingerprint density at radius 1 is 1.35 bits per heavy atom. The van der Waals surface area contributed by atoms with Crippen molar-refractivity contribution in [3.05, 3.63) is 24.3 Å². The van der Waals surface area contributed by atoms with E-state index >= 15 is 0 Å². The van der Waals surface area contributed by atoms with E-state index < -0.39 is 10.0 Å². The van der Waals surface area contributed by atoms with E-state index in [-0.39, 0.29) is 5.75 Å². The van der Waals surface area contributed by atoms with Gasteiger partial charge in [-0.05, 0) is 19.2 Å². The normalized spacial score (nSPS) is 11.8. The van der Waals surface area contributed by atoms with Crippen molar-refractivity contribution >= 4 is 27.0 Å². The summed E-state index contributed by atoms with van der Waals surface area (Å²) in [5, 5.41) is 2.94. The number of anilines is 1. The molecule has 92 valence electrons. The minimum atomic E-state index is -3.17. The smallest absolute Gasteiger partial charge is 0.213 e. The molecule has 0 aliphatic rings. The van der Waals surface area contributed by atoms with Crippen LogP contribution in [0.1, 0.15) is 0 Å². The van der Waals surface area contributed by atoms with Crippen LogP contribution in [-0.2, 0) is 10.0 Å². The highest BCUT2D eigenvalue weighted by Crippen LogP contribution is 2.12. The number of para-hydroxylation sites is 2. The number of aromatic nitrogens is 2. The average molecular weight is 254 g/mol. The van der Waals surface area contributed by atoms with Gasteiger partial charge in [0.1, 0.15) is 0 Å².